The number of benzene rings is 1. The molecule has 0 bridgehead atoms. The van der Waals surface area contributed by atoms with Crippen LogP contribution >= 0.6 is 0 Å². The number of hydrogen-bond acceptors (Lipinski definition) is 4. The molecule has 0 saturated carbocycles. The number of nitrogens with zero attached hydrogens (tertiary/aromatic N) is 2. The van der Waals surface area contributed by atoms with E-state index >= 15 is 0 Å². The van der Waals surface area contributed by atoms with Gasteiger partial charge in [-0.05, 0) is 26.8 Å². The Morgan fingerprint density at radius 1 is 1.32 bits per heavy atom. The average Bonchev–Trinajstić information content (AvgIpc) is 2.72. The Morgan fingerprint density at radius 3 is 2.68 bits per heavy atom. The summed E-state index contributed by atoms with van der Waals surface area (Å²) in [6.45, 7) is 5.41. The molecule has 1 N–H and O–H groups in total. The van der Waals surface area contributed by atoms with E-state index in [0.717, 1.165) is 5.22 Å². The molecule has 0 spiro atoms. The summed E-state index contributed by atoms with van der Waals surface area (Å²) < 4.78 is 10.4. The second kappa shape index (κ2) is 4.79. The van der Waals surface area contributed by atoms with Gasteiger partial charge in [0.2, 0.25) is 0 Å². The van der Waals surface area contributed by atoms with Crippen molar-refractivity contribution in [1.29, 1.82) is 0 Å². The molecule has 0 aliphatic carbocycles. The van der Waals surface area contributed by atoms with Crippen LogP contribution in [0.3, 0.4) is 0 Å². The van der Waals surface area contributed by atoms with E-state index in [4.69, 9.17) is 9.47 Å². The third kappa shape index (κ3) is 3.15. The Morgan fingerprint density at radius 2 is 2.05 bits per heavy atom. The molecule has 1 radical (unpaired) electrons. The maximum Gasteiger partial charge on any atom is 0.412 e. The first-order chi connectivity index (χ1) is 8.89. The van der Waals surface area contributed by atoms with E-state index in [9.17, 15) is 4.79 Å². The van der Waals surface area contributed by atoms with Gasteiger partial charge in [0.05, 0.1) is 24.4 Å². The SMILES string of the molecule is COc1cc2c(cc1NC(=O)OC(C)(C)C)=C[N]N=2. The molecule has 2 rings (SSSR count). The molecule has 101 valence electrons. The van der Waals surface area contributed by atoms with Crippen LogP contribution < -0.4 is 26.1 Å². The largest absolute Gasteiger partial charge is 0.494 e. The van der Waals surface area contributed by atoms with Crippen molar-refractivity contribution in [3.63, 3.8) is 0 Å². The zero-order valence-corrected chi connectivity index (χ0v) is 11.4. The topological polar surface area (TPSA) is 74.0 Å². The maximum atomic E-state index is 11.8. The molecule has 0 saturated heterocycles. The van der Waals surface area contributed by atoms with Crippen LogP contribution in [0, 0.1) is 0 Å². The number of hydrogen-bond donors (Lipinski definition) is 1. The summed E-state index contributed by atoms with van der Waals surface area (Å²) in [6.07, 6.45) is 1.09. The van der Waals surface area contributed by atoms with Gasteiger partial charge in [-0.3, -0.25) is 5.32 Å². The Bertz CT molecular complexity index is 617. The summed E-state index contributed by atoms with van der Waals surface area (Å²) in [5, 5.41) is 8.13. The number of anilines is 1. The molecule has 6 heteroatoms. The smallest absolute Gasteiger partial charge is 0.412 e. The minimum absolute atomic E-state index is 0.513. The quantitative estimate of drug-likeness (QED) is 0.861. The zero-order chi connectivity index (χ0) is 14.0. The Labute approximate surface area is 111 Å². The highest BCUT2D eigenvalue weighted by molar-refractivity contribution is 5.87. The summed E-state index contributed by atoms with van der Waals surface area (Å²) >= 11 is 0. The number of ether oxygens (including phenoxy) is 2. The van der Waals surface area contributed by atoms with Crippen molar-refractivity contribution in [2.45, 2.75) is 26.4 Å². The van der Waals surface area contributed by atoms with Gasteiger partial charge in [0, 0.05) is 11.3 Å². The molecule has 0 atom stereocenters. The van der Waals surface area contributed by atoms with Crippen molar-refractivity contribution in [2.75, 3.05) is 12.4 Å². The van der Waals surface area contributed by atoms with Gasteiger partial charge in [0.15, 0.2) is 0 Å². The minimum atomic E-state index is -0.551. The van der Waals surface area contributed by atoms with Gasteiger partial charge in [0.1, 0.15) is 11.4 Å². The number of rotatable bonds is 2. The van der Waals surface area contributed by atoms with Crippen molar-refractivity contribution in [3.8, 4) is 5.75 Å². The van der Waals surface area contributed by atoms with E-state index in [-0.39, 0.29) is 0 Å². The Balaban J connectivity index is 2.26. The highest BCUT2D eigenvalue weighted by Crippen LogP contribution is 2.21. The van der Waals surface area contributed by atoms with Crippen molar-refractivity contribution in [2.24, 2.45) is 5.10 Å². The Hall–Kier alpha value is -2.24. The van der Waals surface area contributed by atoms with Gasteiger partial charge < -0.3 is 9.47 Å². The number of amides is 1. The molecule has 6 nitrogen and oxygen atoms in total. The van der Waals surface area contributed by atoms with E-state index in [0.29, 0.717) is 16.8 Å². The predicted octanol–water partition coefficient (Wildman–Crippen LogP) is 0.933. The summed E-state index contributed by atoms with van der Waals surface area (Å²) in [5.41, 5.74) is 3.78. The van der Waals surface area contributed by atoms with E-state index in [1.54, 1.807) is 39.1 Å². The average molecular weight is 262 g/mol. The molecule has 1 aromatic carbocycles. The van der Waals surface area contributed by atoms with Crippen molar-refractivity contribution < 1.29 is 14.3 Å². The van der Waals surface area contributed by atoms with Gasteiger partial charge in [-0.15, -0.1) is 0 Å². The number of carbonyl (C=O) groups is 1. The van der Waals surface area contributed by atoms with Crippen LogP contribution in [-0.4, -0.2) is 18.8 Å². The number of nitrogens with one attached hydrogen (secondary N) is 1. The summed E-state index contributed by atoms with van der Waals surface area (Å²) in [5.74, 6) is 0.513. The standard InChI is InChI=1S/C13H16N3O3/c1-13(2,3)19-12(17)15-10-5-8-7-14-16-9(8)6-11(10)18-4/h5-7H,1-4H3,(H,15,17). The van der Waals surface area contributed by atoms with E-state index < -0.39 is 11.7 Å². The molecule has 1 heterocycles. The fraction of sp³-hybridized carbons (Fsp3) is 0.385. The lowest BCUT2D eigenvalue weighted by molar-refractivity contribution is 0.0635. The highest BCUT2D eigenvalue weighted by Gasteiger charge is 2.18. The van der Waals surface area contributed by atoms with Crippen LogP contribution in [-0.2, 0) is 4.74 Å². The second-order valence-electron chi connectivity index (χ2n) is 5.08. The van der Waals surface area contributed by atoms with Crippen LogP contribution in [0.15, 0.2) is 17.2 Å². The lowest BCUT2D eigenvalue weighted by atomic mass is 10.2. The molecule has 0 fully saturated rings. The molecule has 1 aromatic rings. The fourth-order valence-electron chi connectivity index (χ4n) is 1.61. The highest BCUT2D eigenvalue weighted by atomic mass is 16.6. The number of carbonyl (C=O) groups excluding carboxylic acids is 1. The van der Waals surface area contributed by atoms with Gasteiger partial charge in [0.25, 0.3) is 0 Å². The molecular weight excluding hydrogens is 246 g/mol. The van der Waals surface area contributed by atoms with Crippen LogP contribution in [0.2, 0.25) is 0 Å². The van der Waals surface area contributed by atoms with Crippen molar-refractivity contribution in [3.05, 3.63) is 22.7 Å². The summed E-state index contributed by atoms with van der Waals surface area (Å²) in [4.78, 5) is 11.8. The van der Waals surface area contributed by atoms with Gasteiger partial charge in [-0.1, -0.05) is 0 Å². The summed E-state index contributed by atoms with van der Waals surface area (Å²) in [7, 11) is 1.53. The van der Waals surface area contributed by atoms with Crippen LogP contribution in [0.4, 0.5) is 10.5 Å². The van der Waals surface area contributed by atoms with Crippen molar-refractivity contribution in [1.82, 2.24) is 5.43 Å². The van der Waals surface area contributed by atoms with Crippen molar-refractivity contribution >= 4 is 18.0 Å². The lowest BCUT2D eigenvalue weighted by Gasteiger charge is -2.20. The predicted molar refractivity (Wildman–Crippen MR) is 70.2 cm³/mol. The molecule has 0 unspecified atom stereocenters. The van der Waals surface area contributed by atoms with E-state index in [1.165, 1.54) is 7.11 Å². The van der Waals surface area contributed by atoms with Gasteiger partial charge >= 0.3 is 6.09 Å². The molecule has 0 aromatic heterocycles. The third-order valence-corrected chi connectivity index (χ3v) is 2.35. The maximum absolute atomic E-state index is 11.8. The van der Waals surface area contributed by atoms with E-state index in [1.807, 2.05) is 0 Å². The van der Waals surface area contributed by atoms with E-state index in [2.05, 4.69) is 15.8 Å². The fourth-order valence-corrected chi connectivity index (χ4v) is 1.61. The Kier molecular flexibility index (Phi) is 3.33. The number of methoxy groups -OCH3 is 1. The third-order valence-electron chi connectivity index (χ3n) is 2.35. The first-order valence-corrected chi connectivity index (χ1v) is 5.85. The molecule has 1 aliphatic heterocycles. The second-order valence-corrected chi connectivity index (χ2v) is 5.08. The normalized spacial score (nSPS) is 12.6. The first-order valence-electron chi connectivity index (χ1n) is 5.85. The summed E-state index contributed by atoms with van der Waals surface area (Å²) in [6, 6.07) is 3.47. The monoisotopic (exact) mass is 262 g/mol. The molecular formula is C13H16N3O3. The molecule has 19 heavy (non-hydrogen) atoms. The zero-order valence-electron chi connectivity index (χ0n) is 11.4. The van der Waals surface area contributed by atoms with Crippen LogP contribution in [0.5, 0.6) is 5.75 Å². The van der Waals surface area contributed by atoms with Gasteiger partial charge in [-0.2, -0.15) is 10.5 Å². The minimum Gasteiger partial charge on any atom is -0.494 e. The molecule has 1 aliphatic rings. The van der Waals surface area contributed by atoms with Crippen LogP contribution in [0.25, 0.3) is 6.20 Å². The van der Waals surface area contributed by atoms with Crippen LogP contribution in [0.1, 0.15) is 20.8 Å². The number of fused-ring (bicyclic) bond motifs is 1. The lowest BCUT2D eigenvalue weighted by Crippen LogP contribution is -2.29. The molecule has 1 amide bonds. The van der Waals surface area contributed by atoms with Gasteiger partial charge in [-0.25, -0.2) is 4.79 Å². The first kappa shape index (κ1) is 13.2.